The van der Waals surface area contributed by atoms with E-state index in [-0.39, 0.29) is 12.0 Å². The van der Waals surface area contributed by atoms with Crippen molar-refractivity contribution < 1.29 is 14.0 Å². The summed E-state index contributed by atoms with van der Waals surface area (Å²) in [5.74, 6) is 0.186. The van der Waals surface area contributed by atoms with Crippen molar-refractivity contribution in [3.05, 3.63) is 23.2 Å². The second-order valence-corrected chi connectivity index (χ2v) is 2.33. The Hall–Kier alpha value is -1.38. The first kappa shape index (κ1) is 7.72. The summed E-state index contributed by atoms with van der Waals surface area (Å²) in [5, 5.41) is 0. The molecule has 1 rings (SSSR count). The van der Waals surface area contributed by atoms with Gasteiger partial charge in [0.1, 0.15) is 5.76 Å². The quantitative estimate of drug-likeness (QED) is 0.364. The number of rotatable bonds is 2. The molecule has 1 aromatic rings. The van der Waals surface area contributed by atoms with Crippen LogP contribution >= 0.6 is 0 Å². The van der Waals surface area contributed by atoms with Crippen LogP contribution in [0.3, 0.4) is 0 Å². The molecular formula is C8H8O3. The highest BCUT2D eigenvalue weighted by atomic mass is 16.3. The van der Waals surface area contributed by atoms with Crippen molar-refractivity contribution in [1.29, 1.82) is 0 Å². The zero-order valence-corrected chi connectivity index (χ0v) is 6.38. The molecule has 0 aliphatic carbocycles. The second kappa shape index (κ2) is 2.70. The van der Waals surface area contributed by atoms with Gasteiger partial charge in [0.2, 0.25) is 0 Å². The second-order valence-electron chi connectivity index (χ2n) is 2.33. The number of carbonyl (C=O) groups excluding carboxylic acids is 2. The smallest absolute Gasteiger partial charge is 0.260 e. The number of Topliss-reactive ketones (excluding diaryl/α,β-unsaturated/α-hetero) is 1. The average Bonchev–Trinajstić information content (AvgIpc) is 2.31. The molecule has 0 aliphatic rings. The van der Waals surface area contributed by atoms with Crippen LogP contribution in [0, 0.1) is 13.8 Å². The van der Waals surface area contributed by atoms with Crippen LogP contribution in [-0.4, -0.2) is 12.1 Å². The van der Waals surface area contributed by atoms with Gasteiger partial charge in [-0.3, -0.25) is 9.59 Å². The SMILES string of the molecule is Cc1cc(C(=O)C=O)oc1C. The molecule has 0 aliphatic heterocycles. The van der Waals surface area contributed by atoms with Gasteiger partial charge >= 0.3 is 0 Å². The van der Waals surface area contributed by atoms with Crippen molar-refractivity contribution >= 4 is 12.1 Å². The summed E-state index contributed by atoms with van der Waals surface area (Å²) in [6.45, 7) is 3.57. The summed E-state index contributed by atoms with van der Waals surface area (Å²) >= 11 is 0. The van der Waals surface area contributed by atoms with Gasteiger partial charge in [0, 0.05) is 0 Å². The van der Waals surface area contributed by atoms with Crippen molar-refractivity contribution in [2.45, 2.75) is 13.8 Å². The minimum absolute atomic E-state index is 0.120. The van der Waals surface area contributed by atoms with Crippen LogP contribution in [0.25, 0.3) is 0 Å². The lowest BCUT2D eigenvalue weighted by atomic mass is 10.2. The van der Waals surface area contributed by atoms with Crippen molar-refractivity contribution in [2.24, 2.45) is 0 Å². The van der Waals surface area contributed by atoms with Crippen molar-refractivity contribution in [2.75, 3.05) is 0 Å². The minimum Gasteiger partial charge on any atom is -0.457 e. The maximum absolute atomic E-state index is 10.7. The molecule has 3 heteroatoms. The molecule has 3 nitrogen and oxygen atoms in total. The summed E-state index contributed by atoms with van der Waals surface area (Å²) in [5.41, 5.74) is 0.884. The van der Waals surface area contributed by atoms with Crippen LogP contribution in [0.5, 0.6) is 0 Å². The van der Waals surface area contributed by atoms with Crippen molar-refractivity contribution in [1.82, 2.24) is 0 Å². The molecule has 0 spiro atoms. The third-order valence-corrected chi connectivity index (χ3v) is 1.52. The Morgan fingerprint density at radius 2 is 2.18 bits per heavy atom. The molecule has 0 saturated heterocycles. The van der Waals surface area contributed by atoms with Crippen molar-refractivity contribution in [3.63, 3.8) is 0 Å². The van der Waals surface area contributed by atoms with Crippen molar-refractivity contribution in [3.8, 4) is 0 Å². The Morgan fingerprint density at radius 3 is 2.55 bits per heavy atom. The number of hydrogen-bond donors (Lipinski definition) is 0. The number of hydrogen-bond acceptors (Lipinski definition) is 3. The van der Waals surface area contributed by atoms with Crippen LogP contribution < -0.4 is 0 Å². The van der Waals surface area contributed by atoms with Crippen LogP contribution in [0.4, 0.5) is 0 Å². The number of aldehydes is 1. The lowest BCUT2D eigenvalue weighted by Crippen LogP contribution is -1.96. The molecule has 0 amide bonds. The Kier molecular flexibility index (Phi) is 1.89. The number of ketones is 1. The molecular weight excluding hydrogens is 144 g/mol. The Balaban J connectivity index is 3.06. The van der Waals surface area contributed by atoms with E-state index in [0.717, 1.165) is 5.56 Å². The first-order valence-corrected chi connectivity index (χ1v) is 3.21. The van der Waals surface area contributed by atoms with Gasteiger partial charge in [0.15, 0.2) is 12.0 Å². The Morgan fingerprint density at radius 1 is 1.55 bits per heavy atom. The lowest BCUT2D eigenvalue weighted by Gasteiger charge is -1.83. The number of aryl methyl sites for hydroxylation is 2. The van der Waals surface area contributed by atoms with Gasteiger partial charge in [-0.15, -0.1) is 0 Å². The predicted molar refractivity (Wildman–Crippen MR) is 38.6 cm³/mol. The highest BCUT2D eigenvalue weighted by molar-refractivity contribution is 6.32. The zero-order valence-electron chi connectivity index (χ0n) is 6.38. The number of furan rings is 1. The average molecular weight is 152 g/mol. The maximum atomic E-state index is 10.7. The fraction of sp³-hybridized carbons (Fsp3) is 0.250. The van der Waals surface area contributed by atoms with E-state index in [4.69, 9.17) is 4.42 Å². The van der Waals surface area contributed by atoms with E-state index in [1.165, 1.54) is 0 Å². The summed E-state index contributed by atoms with van der Waals surface area (Å²) in [6.07, 6.45) is 0.248. The fourth-order valence-corrected chi connectivity index (χ4v) is 0.753. The third-order valence-electron chi connectivity index (χ3n) is 1.52. The van der Waals surface area contributed by atoms with E-state index < -0.39 is 5.78 Å². The first-order chi connectivity index (χ1) is 5.15. The molecule has 0 fully saturated rings. The van der Waals surface area contributed by atoms with Crippen LogP contribution in [-0.2, 0) is 4.79 Å². The zero-order chi connectivity index (χ0) is 8.43. The molecule has 0 saturated carbocycles. The number of carbonyl (C=O) groups is 2. The highest BCUT2D eigenvalue weighted by Gasteiger charge is 2.10. The van der Waals surface area contributed by atoms with Gasteiger partial charge in [-0.05, 0) is 25.5 Å². The van der Waals surface area contributed by atoms with E-state index in [0.29, 0.717) is 5.76 Å². The first-order valence-electron chi connectivity index (χ1n) is 3.21. The largest absolute Gasteiger partial charge is 0.457 e. The fourth-order valence-electron chi connectivity index (χ4n) is 0.753. The van der Waals surface area contributed by atoms with Gasteiger partial charge in [-0.2, -0.15) is 0 Å². The third kappa shape index (κ3) is 1.37. The molecule has 11 heavy (non-hydrogen) atoms. The summed E-state index contributed by atoms with van der Waals surface area (Å²) in [6, 6.07) is 1.56. The maximum Gasteiger partial charge on any atom is 0.260 e. The van der Waals surface area contributed by atoms with Gasteiger partial charge in [-0.25, -0.2) is 0 Å². The molecule has 1 aromatic heterocycles. The molecule has 1 heterocycles. The Labute approximate surface area is 64.0 Å². The van der Waals surface area contributed by atoms with Gasteiger partial charge < -0.3 is 4.42 Å². The van der Waals surface area contributed by atoms with E-state index in [2.05, 4.69) is 0 Å². The summed E-state index contributed by atoms with van der Waals surface area (Å²) < 4.78 is 4.99. The predicted octanol–water partition coefficient (Wildman–Crippen LogP) is 1.28. The Bertz CT molecular complexity index is 277. The van der Waals surface area contributed by atoms with Gasteiger partial charge in [0.05, 0.1) is 0 Å². The van der Waals surface area contributed by atoms with Crippen LogP contribution in [0.1, 0.15) is 21.9 Å². The summed E-state index contributed by atoms with van der Waals surface area (Å²) in [7, 11) is 0. The van der Waals surface area contributed by atoms with E-state index in [1.807, 2.05) is 6.92 Å². The molecule has 0 bridgehead atoms. The summed E-state index contributed by atoms with van der Waals surface area (Å²) in [4.78, 5) is 20.7. The minimum atomic E-state index is -0.610. The van der Waals surface area contributed by atoms with E-state index >= 15 is 0 Å². The van der Waals surface area contributed by atoms with Crippen LogP contribution in [0.15, 0.2) is 10.5 Å². The monoisotopic (exact) mass is 152 g/mol. The van der Waals surface area contributed by atoms with E-state index in [1.54, 1.807) is 13.0 Å². The normalized spacial score (nSPS) is 9.64. The molecule has 0 aromatic carbocycles. The molecule has 0 unspecified atom stereocenters. The van der Waals surface area contributed by atoms with Crippen LogP contribution in [0.2, 0.25) is 0 Å². The highest BCUT2D eigenvalue weighted by Crippen LogP contribution is 2.12. The van der Waals surface area contributed by atoms with E-state index in [9.17, 15) is 9.59 Å². The molecule has 0 atom stereocenters. The topological polar surface area (TPSA) is 47.3 Å². The van der Waals surface area contributed by atoms with Gasteiger partial charge in [-0.1, -0.05) is 0 Å². The molecule has 58 valence electrons. The lowest BCUT2D eigenvalue weighted by molar-refractivity contribution is -0.104. The molecule has 0 radical (unpaired) electrons. The standard InChI is InChI=1S/C8H8O3/c1-5-3-8(7(10)4-9)11-6(5)2/h3-4H,1-2H3. The van der Waals surface area contributed by atoms with Gasteiger partial charge in [0.25, 0.3) is 5.78 Å². The molecule has 0 N–H and O–H groups in total.